The van der Waals surface area contributed by atoms with E-state index in [1.165, 1.54) is 0 Å². The van der Waals surface area contributed by atoms with Gasteiger partial charge in [0.05, 0.1) is 13.7 Å². The summed E-state index contributed by atoms with van der Waals surface area (Å²) in [6.07, 6.45) is 9.49. The lowest BCUT2D eigenvalue weighted by molar-refractivity contribution is -0.119. The highest BCUT2D eigenvalue weighted by molar-refractivity contribution is 5.93. The summed E-state index contributed by atoms with van der Waals surface area (Å²) in [5.41, 5.74) is 2.71. The number of methoxy groups -OCH3 is 1. The summed E-state index contributed by atoms with van der Waals surface area (Å²) in [5, 5.41) is 2.67. The monoisotopic (exact) mass is 537 g/mol. The second-order valence-electron chi connectivity index (χ2n) is 9.79. The number of hydrogen-bond donors (Lipinski definition) is 1. The molecule has 3 amide bonds. The average molecular weight is 538 g/mol. The Bertz CT molecular complexity index is 1150. The molecule has 39 heavy (non-hydrogen) atoms. The van der Waals surface area contributed by atoms with E-state index < -0.39 is 0 Å². The van der Waals surface area contributed by atoms with E-state index in [2.05, 4.69) is 24.1 Å². The van der Waals surface area contributed by atoms with Crippen LogP contribution in [0.3, 0.4) is 0 Å². The third-order valence-corrected chi connectivity index (χ3v) is 7.07. The number of carbonyl (C=O) groups excluding carboxylic acids is 2. The molecule has 0 saturated carbocycles. The number of aromatic nitrogens is 1. The van der Waals surface area contributed by atoms with Gasteiger partial charge in [-0.05, 0) is 62.9 Å². The molecular weight excluding hydrogens is 494 g/mol. The van der Waals surface area contributed by atoms with Gasteiger partial charge in [0.1, 0.15) is 12.4 Å². The van der Waals surface area contributed by atoms with Crippen LogP contribution in [-0.2, 0) is 11.3 Å². The van der Waals surface area contributed by atoms with Gasteiger partial charge in [0.15, 0.2) is 11.5 Å². The van der Waals surface area contributed by atoms with Gasteiger partial charge in [-0.1, -0.05) is 25.8 Å². The fourth-order valence-corrected chi connectivity index (χ4v) is 4.67. The average Bonchev–Trinajstić information content (AvgIpc) is 2.94. The Morgan fingerprint density at radius 3 is 2.74 bits per heavy atom. The first-order valence-corrected chi connectivity index (χ1v) is 13.8. The Labute approximate surface area is 232 Å². The van der Waals surface area contributed by atoms with Crippen molar-refractivity contribution < 1.29 is 19.1 Å². The maximum absolute atomic E-state index is 13.8. The molecule has 0 radical (unpaired) electrons. The van der Waals surface area contributed by atoms with Crippen LogP contribution in [0.4, 0.5) is 16.3 Å². The van der Waals surface area contributed by atoms with Gasteiger partial charge in [0.2, 0.25) is 5.91 Å². The number of amides is 3. The molecule has 1 aliphatic rings. The zero-order chi connectivity index (χ0) is 28.4. The molecule has 0 aliphatic carbocycles. The van der Waals surface area contributed by atoms with Crippen LogP contribution in [0, 0.1) is 6.92 Å². The molecular formula is C30H43N5O4. The summed E-state index contributed by atoms with van der Waals surface area (Å²) in [7, 11) is 3.24. The third-order valence-electron chi connectivity index (χ3n) is 7.07. The number of nitrogens with zero attached hydrogens (tertiary/aromatic N) is 4. The molecule has 1 unspecified atom stereocenters. The van der Waals surface area contributed by atoms with E-state index in [9.17, 15) is 9.59 Å². The van der Waals surface area contributed by atoms with Gasteiger partial charge in [0.25, 0.3) is 0 Å². The molecule has 2 heterocycles. The number of unbranched alkanes of at least 4 members (excludes halogenated alkanes) is 2. The number of likely N-dealkylation sites (N-methyl/N-ethyl adjacent to an activating group) is 1. The first kappa shape index (κ1) is 29.8. The minimum absolute atomic E-state index is 0.0516. The van der Waals surface area contributed by atoms with E-state index in [1.807, 2.05) is 65.1 Å². The van der Waals surface area contributed by atoms with Crippen molar-refractivity contribution in [2.45, 2.75) is 66.0 Å². The van der Waals surface area contributed by atoms with Gasteiger partial charge in [0, 0.05) is 50.3 Å². The minimum atomic E-state index is -0.108. The second kappa shape index (κ2) is 14.4. The predicted molar refractivity (Wildman–Crippen MR) is 156 cm³/mol. The molecule has 1 N–H and O–H groups in total. The molecule has 2 aromatic rings. The maximum Gasteiger partial charge on any atom is 0.325 e. The number of urea groups is 1. The van der Waals surface area contributed by atoms with E-state index >= 15 is 0 Å². The largest absolute Gasteiger partial charge is 0.493 e. The number of pyridine rings is 1. The molecule has 1 aromatic heterocycles. The zero-order valence-corrected chi connectivity index (χ0v) is 24.2. The summed E-state index contributed by atoms with van der Waals surface area (Å²) < 4.78 is 11.5. The van der Waals surface area contributed by atoms with Crippen molar-refractivity contribution in [3.05, 3.63) is 53.9 Å². The molecule has 1 aromatic carbocycles. The minimum Gasteiger partial charge on any atom is -0.493 e. The molecule has 1 aliphatic heterocycles. The first-order valence-electron chi connectivity index (χ1n) is 13.8. The topological polar surface area (TPSA) is 87.2 Å². The second-order valence-corrected chi connectivity index (χ2v) is 9.79. The SMILES string of the molecule is CC=CN(CC(=O)NC)c1nccc(CN2C(=O)N(c3ccc(OC)c(OCCCCC)c3)CCC2C)c1C. The van der Waals surface area contributed by atoms with E-state index in [0.29, 0.717) is 37.0 Å². The summed E-state index contributed by atoms with van der Waals surface area (Å²) >= 11 is 0. The van der Waals surface area contributed by atoms with Crippen LogP contribution >= 0.6 is 0 Å². The van der Waals surface area contributed by atoms with Crippen LogP contribution < -0.4 is 24.6 Å². The van der Waals surface area contributed by atoms with E-state index in [-0.39, 0.29) is 24.5 Å². The van der Waals surface area contributed by atoms with Gasteiger partial charge in [-0.15, -0.1) is 0 Å². The Kier molecular flexibility index (Phi) is 11.0. The Hall–Kier alpha value is -3.75. The summed E-state index contributed by atoms with van der Waals surface area (Å²) in [5.74, 6) is 1.90. The quantitative estimate of drug-likeness (QED) is 0.350. The highest BCUT2D eigenvalue weighted by atomic mass is 16.5. The number of ether oxygens (including phenoxy) is 2. The molecule has 1 saturated heterocycles. The molecule has 9 nitrogen and oxygen atoms in total. The van der Waals surface area contributed by atoms with Crippen LogP contribution in [0.5, 0.6) is 11.5 Å². The fourth-order valence-electron chi connectivity index (χ4n) is 4.67. The first-order chi connectivity index (χ1) is 18.8. The molecule has 9 heteroatoms. The highest BCUT2D eigenvalue weighted by Crippen LogP contribution is 2.34. The van der Waals surface area contributed by atoms with Crippen LogP contribution in [0.15, 0.2) is 42.7 Å². The molecule has 1 fully saturated rings. The zero-order valence-electron chi connectivity index (χ0n) is 24.2. The van der Waals surface area contributed by atoms with E-state index in [0.717, 1.165) is 42.5 Å². The van der Waals surface area contributed by atoms with Crippen LogP contribution in [0.2, 0.25) is 0 Å². The van der Waals surface area contributed by atoms with E-state index in [4.69, 9.17) is 9.47 Å². The van der Waals surface area contributed by atoms with Gasteiger partial charge < -0.3 is 24.6 Å². The van der Waals surface area contributed by atoms with Crippen molar-refractivity contribution in [2.24, 2.45) is 0 Å². The van der Waals surface area contributed by atoms with Crippen LogP contribution in [0.25, 0.3) is 0 Å². The van der Waals surface area contributed by atoms with Gasteiger partial charge in [-0.25, -0.2) is 9.78 Å². The molecule has 1 atom stereocenters. The van der Waals surface area contributed by atoms with Crippen molar-refractivity contribution >= 4 is 23.4 Å². The van der Waals surface area contributed by atoms with Gasteiger partial charge in [-0.2, -0.15) is 0 Å². The smallest absolute Gasteiger partial charge is 0.325 e. The number of hydrogen-bond acceptors (Lipinski definition) is 6. The lowest BCUT2D eigenvalue weighted by Gasteiger charge is -2.40. The number of benzene rings is 1. The van der Waals surface area contributed by atoms with Crippen LogP contribution in [-0.4, -0.2) is 61.7 Å². The standard InChI is InChI=1S/C30H43N5O4/c1-7-9-10-18-39-27-19-25(11-12-26(27)38-6)34-17-14-22(3)35(30(34)37)20-24-13-15-32-29(23(24)4)33(16-8-2)21-28(36)31-5/h8,11-13,15-16,19,22H,7,9-10,14,17-18,20-21H2,1-6H3,(H,31,36). The number of rotatable bonds is 13. The Morgan fingerprint density at radius 2 is 2.05 bits per heavy atom. The lowest BCUT2D eigenvalue weighted by atomic mass is 10.1. The Balaban J connectivity index is 1.84. The molecule has 212 valence electrons. The fraction of sp³-hybridized carbons (Fsp3) is 0.500. The molecule has 3 rings (SSSR count). The van der Waals surface area contributed by atoms with Crippen molar-refractivity contribution in [1.82, 2.24) is 15.2 Å². The van der Waals surface area contributed by atoms with Gasteiger partial charge >= 0.3 is 6.03 Å². The summed E-state index contributed by atoms with van der Waals surface area (Å²) in [6.45, 7) is 9.97. The van der Waals surface area contributed by atoms with Gasteiger partial charge in [-0.3, -0.25) is 9.69 Å². The number of anilines is 2. The van der Waals surface area contributed by atoms with Crippen molar-refractivity contribution in [3.8, 4) is 11.5 Å². The molecule has 0 bridgehead atoms. The van der Waals surface area contributed by atoms with Crippen molar-refractivity contribution in [1.29, 1.82) is 0 Å². The normalized spacial score (nSPS) is 15.5. The number of allylic oxidation sites excluding steroid dienone is 1. The number of carbonyl (C=O) groups is 2. The Morgan fingerprint density at radius 1 is 1.26 bits per heavy atom. The highest BCUT2D eigenvalue weighted by Gasteiger charge is 2.32. The number of nitrogens with one attached hydrogen (secondary N) is 1. The third kappa shape index (κ3) is 7.43. The van der Waals surface area contributed by atoms with Crippen molar-refractivity contribution in [2.75, 3.05) is 43.7 Å². The summed E-state index contributed by atoms with van der Waals surface area (Å²) in [4.78, 5) is 36.0. The maximum atomic E-state index is 13.8. The summed E-state index contributed by atoms with van der Waals surface area (Å²) in [6, 6.07) is 7.64. The lowest BCUT2D eigenvalue weighted by Crippen LogP contribution is -2.53. The van der Waals surface area contributed by atoms with Crippen molar-refractivity contribution in [3.63, 3.8) is 0 Å². The van der Waals surface area contributed by atoms with E-state index in [1.54, 1.807) is 20.4 Å². The van der Waals surface area contributed by atoms with Crippen LogP contribution in [0.1, 0.15) is 57.6 Å². The molecule has 0 spiro atoms. The predicted octanol–water partition coefficient (Wildman–Crippen LogP) is 5.27.